The predicted octanol–water partition coefficient (Wildman–Crippen LogP) is 1.73. The van der Waals surface area contributed by atoms with Crippen LogP contribution in [-0.4, -0.2) is 23.2 Å². The molecule has 1 aliphatic carbocycles. The van der Waals surface area contributed by atoms with Crippen molar-refractivity contribution in [2.24, 2.45) is 0 Å². The van der Waals surface area contributed by atoms with Crippen LogP contribution in [0.25, 0.3) is 0 Å². The molecule has 86 valence electrons. The summed E-state index contributed by atoms with van der Waals surface area (Å²) in [6.45, 7) is 0. The molecule has 0 heterocycles. The summed E-state index contributed by atoms with van der Waals surface area (Å²) < 4.78 is 13.1. The Hall–Kier alpha value is -1.13. The average molecular weight is 244 g/mol. The molecule has 1 aliphatic rings. The molecule has 0 unspecified atom stereocenters. The minimum Gasteiger partial charge on any atom is -0.393 e. The first-order valence-corrected chi connectivity index (χ1v) is 5.38. The van der Waals surface area contributed by atoms with Crippen molar-refractivity contribution in [1.82, 2.24) is 5.32 Å². The Morgan fingerprint density at radius 3 is 2.81 bits per heavy atom. The fourth-order valence-corrected chi connectivity index (χ4v) is 1.86. The van der Waals surface area contributed by atoms with E-state index in [0.29, 0.717) is 12.8 Å². The second-order valence-corrected chi connectivity index (χ2v) is 4.27. The quantitative estimate of drug-likeness (QED) is 0.831. The molecule has 1 saturated carbocycles. The largest absolute Gasteiger partial charge is 0.393 e. The van der Waals surface area contributed by atoms with Crippen molar-refractivity contribution in [2.45, 2.75) is 25.0 Å². The van der Waals surface area contributed by atoms with Gasteiger partial charge in [-0.15, -0.1) is 0 Å². The number of rotatable bonds is 2. The molecule has 0 radical (unpaired) electrons. The fourth-order valence-electron chi connectivity index (χ4n) is 1.65. The lowest BCUT2D eigenvalue weighted by molar-refractivity contribution is 0.0562. The van der Waals surface area contributed by atoms with E-state index in [-0.39, 0.29) is 22.7 Å². The van der Waals surface area contributed by atoms with Gasteiger partial charge in [-0.3, -0.25) is 4.79 Å². The van der Waals surface area contributed by atoms with Crippen LogP contribution in [0.4, 0.5) is 4.39 Å². The van der Waals surface area contributed by atoms with Gasteiger partial charge in [-0.05, 0) is 25.0 Å². The molecule has 3 nitrogen and oxygen atoms in total. The molecule has 2 N–H and O–H groups in total. The zero-order valence-corrected chi connectivity index (χ0v) is 9.17. The lowest BCUT2D eigenvalue weighted by Gasteiger charge is -2.32. The van der Waals surface area contributed by atoms with E-state index < -0.39 is 11.7 Å². The van der Waals surface area contributed by atoms with Crippen molar-refractivity contribution >= 4 is 17.5 Å². The normalized spacial score (nSPS) is 23.7. The number of aliphatic hydroxyl groups is 1. The summed E-state index contributed by atoms with van der Waals surface area (Å²) in [4.78, 5) is 11.7. The summed E-state index contributed by atoms with van der Waals surface area (Å²) in [7, 11) is 0. The van der Waals surface area contributed by atoms with Gasteiger partial charge in [-0.1, -0.05) is 17.7 Å². The van der Waals surface area contributed by atoms with E-state index in [2.05, 4.69) is 5.32 Å². The van der Waals surface area contributed by atoms with Crippen LogP contribution in [0, 0.1) is 5.82 Å². The average Bonchev–Trinajstić information content (AvgIpc) is 2.19. The Morgan fingerprint density at radius 2 is 2.19 bits per heavy atom. The molecule has 2 rings (SSSR count). The summed E-state index contributed by atoms with van der Waals surface area (Å²) >= 11 is 5.68. The maximum absolute atomic E-state index is 13.1. The van der Waals surface area contributed by atoms with Gasteiger partial charge in [-0.2, -0.15) is 0 Å². The molecule has 0 spiro atoms. The highest BCUT2D eigenvalue weighted by Crippen LogP contribution is 2.22. The van der Waals surface area contributed by atoms with Crippen LogP contribution in [-0.2, 0) is 0 Å². The van der Waals surface area contributed by atoms with Crippen LogP contribution in [0.2, 0.25) is 5.02 Å². The van der Waals surface area contributed by atoms with Gasteiger partial charge in [-0.25, -0.2) is 4.39 Å². The summed E-state index contributed by atoms with van der Waals surface area (Å²) in [5.74, 6) is -1.01. The van der Waals surface area contributed by atoms with Gasteiger partial charge in [0.2, 0.25) is 0 Å². The van der Waals surface area contributed by atoms with Gasteiger partial charge in [0.25, 0.3) is 5.91 Å². The highest BCUT2D eigenvalue weighted by molar-refractivity contribution is 6.34. The smallest absolute Gasteiger partial charge is 0.253 e. The SMILES string of the molecule is O=C(NC1CC(O)C1)c1cccc(F)c1Cl. The second-order valence-electron chi connectivity index (χ2n) is 3.90. The first-order chi connectivity index (χ1) is 7.58. The zero-order valence-electron chi connectivity index (χ0n) is 8.41. The van der Waals surface area contributed by atoms with Crippen LogP contribution in [0.15, 0.2) is 18.2 Å². The van der Waals surface area contributed by atoms with E-state index in [4.69, 9.17) is 16.7 Å². The standard InChI is InChI=1S/C11H11ClFNO2/c12-10-8(2-1-3-9(10)13)11(16)14-6-4-7(15)5-6/h1-3,6-7,15H,4-5H2,(H,14,16). The number of amides is 1. The molecular weight excluding hydrogens is 233 g/mol. The van der Waals surface area contributed by atoms with Crippen LogP contribution >= 0.6 is 11.6 Å². The number of nitrogens with one attached hydrogen (secondary N) is 1. The predicted molar refractivity (Wildman–Crippen MR) is 57.9 cm³/mol. The lowest BCUT2D eigenvalue weighted by atomic mass is 9.89. The minimum atomic E-state index is -0.608. The number of benzene rings is 1. The Labute approximate surface area is 97.2 Å². The van der Waals surface area contributed by atoms with Crippen molar-refractivity contribution in [2.75, 3.05) is 0 Å². The Balaban J connectivity index is 2.06. The number of hydrogen-bond donors (Lipinski definition) is 2. The summed E-state index contributed by atoms with van der Waals surface area (Å²) in [5.41, 5.74) is 0.128. The van der Waals surface area contributed by atoms with E-state index in [9.17, 15) is 9.18 Å². The van der Waals surface area contributed by atoms with Gasteiger partial charge in [0.05, 0.1) is 16.7 Å². The molecule has 0 aromatic heterocycles. The molecule has 0 aliphatic heterocycles. The maximum Gasteiger partial charge on any atom is 0.253 e. The molecule has 0 atom stereocenters. The summed E-state index contributed by atoms with van der Waals surface area (Å²) in [6, 6.07) is 4.06. The summed E-state index contributed by atoms with van der Waals surface area (Å²) in [5, 5.41) is 11.6. The first-order valence-electron chi connectivity index (χ1n) is 5.01. The van der Waals surface area contributed by atoms with E-state index >= 15 is 0 Å². The molecule has 5 heteroatoms. The van der Waals surface area contributed by atoms with Gasteiger partial charge >= 0.3 is 0 Å². The van der Waals surface area contributed by atoms with Gasteiger partial charge in [0, 0.05) is 6.04 Å². The molecule has 0 bridgehead atoms. The number of aliphatic hydroxyl groups excluding tert-OH is 1. The van der Waals surface area contributed by atoms with Gasteiger partial charge in [0.15, 0.2) is 0 Å². The number of halogens is 2. The highest BCUT2D eigenvalue weighted by atomic mass is 35.5. The van der Waals surface area contributed by atoms with Crippen molar-refractivity contribution in [3.05, 3.63) is 34.6 Å². The lowest BCUT2D eigenvalue weighted by Crippen LogP contribution is -2.46. The van der Waals surface area contributed by atoms with Crippen molar-refractivity contribution < 1.29 is 14.3 Å². The zero-order chi connectivity index (χ0) is 11.7. The van der Waals surface area contributed by atoms with E-state index in [1.807, 2.05) is 0 Å². The molecule has 1 amide bonds. The number of carbonyl (C=O) groups excluding carboxylic acids is 1. The Morgan fingerprint density at radius 1 is 1.50 bits per heavy atom. The molecule has 16 heavy (non-hydrogen) atoms. The highest BCUT2D eigenvalue weighted by Gasteiger charge is 2.29. The van der Waals surface area contributed by atoms with Gasteiger partial charge in [0.1, 0.15) is 5.82 Å². The first kappa shape index (κ1) is 11.4. The van der Waals surface area contributed by atoms with E-state index in [1.54, 1.807) is 0 Å². The third-order valence-electron chi connectivity index (χ3n) is 2.64. The second kappa shape index (κ2) is 4.39. The van der Waals surface area contributed by atoms with Gasteiger partial charge < -0.3 is 10.4 Å². The molecule has 1 aromatic rings. The van der Waals surface area contributed by atoms with Crippen LogP contribution in [0.5, 0.6) is 0 Å². The maximum atomic E-state index is 13.1. The number of carbonyl (C=O) groups is 1. The third kappa shape index (κ3) is 2.18. The molecule has 0 saturated heterocycles. The van der Waals surface area contributed by atoms with Crippen LogP contribution in [0.1, 0.15) is 23.2 Å². The van der Waals surface area contributed by atoms with Crippen molar-refractivity contribution in [3.8, 4) is 0 Å². The molecular formula is C11H11ClFNO2. The van der Waals surface area contributed by atoms with Crippen molar-refractivity contribution in [3.63, 3.8) is 0 Å². The number of hydrogen-bond acceptors (Lipinski definition) is 2. The minimum absolute atomic E-state index is 0.0400. The topological polar surface area (TPSA) is 49.3 Å². The van der Waals surface area contributed by atoms with E-state index in [1.165, 1.54) is 18.2 Å². The van der Waals surface area contributed by atoms with Crippen LogP contribution < -0.4 is 5.32 Å². The van der Waals surface area contributed by atoms with E-state index in [0.717, 1.165) is 0 Å². The van der Waals surface area contributed by atoms with Crippen molar-refractivity contribution in [1.29, 1.82) is 0 Å². The third-order valence-corrected chi connectivity index (χ3v) is 3.03. The summed E-state index contributed by atoms with van der Waals surface area (Å²) in [6.07, 6.45) is 0.741. The Bertz CT molecular complexity index is 418. The molecule has 1 fully saturated rings. The monoisotopic (exact) mass is 243 g/mol. The Kier molecular flexibility index (Phi) is 3.12. The fraction of sp³-hybridized carbons (Fsp3) is 0.364. The van der Waals surface area contributed by atoms with Crippen LogP contribution in [0.3, 0.4) is 0 Å². The molecule has 1 aromatic carbocycles.